The van der Waals surface area contributed by atoms with Gasteiger partial charge >= 0.3 is 0 Å². The first-order valence-corrected chi connectivity index (χ1v) is 7.93. The molecule has 0 heterocycles. The van der Waals surface area contributed by atoms with Crippen LogP contribution in [0, 0.1) is 0 Å². The quantitative estimate of drug-likeness (QED) is 0.752. The van der Waals surface area contributed by atoms with Crippen molar-refractivity contribution in [3.63, 3.8) is 0 Å². The predicted octanol–water partition coefficient (Wildman–Crippen LogP) is 4.58. The maximum Gasteiger partial charge on any atom is 0.288 e. The summed E-state index contributed by atoms with van der Waals surface area (Å²) >= 11 is 0.478. The van der Waals surface area contributed by atoms with Gasteiger partial charge in [-0.15, -0.1) is 0 Å². The standard InChI is InChI=1S/C17H17F2NO2S/c1-22-15-5-3-2-4-12(15)6-11-16(21)20-13-7-9-14(10-8-13)23-17(18)19/h2-5,7-10,17H,6,11H2,1H3,(H,20,21). The van der Waals surface area contributed by atoms with E-state index < -0.39 is 5.76 Å². The first kappa shape index (κ1) is 17.3. The normalized spacial score (nSPS) is 10.6. The van der Waals surface area contributed by atoms with E-state index in [4.69, 9.17) is 4.74 Å². The van der Waals surface area contributed by atoms with E-state index in [1.807, 2.05) is 24.3 Å². The molecule has 3 nitrogen and oxygen atoms in total. The summed E-state index contributed by atoms with van der Waals surface area (Å²) in [4.78, 5) is 12.4. The molecule has 0 aliphatic rings. The number of hydrogen-bond acceptors (Lipinski definition) is 3. The smallest absolute Gasteiger partial charge is 0.288 e. The molecule has 2 aromatic rings. The maximum absolute atomic E-state index is 12.2. The number of amides is 1. The zero-order chi connectivity index (χ0) is 16.7. The summed E-state index contributed by atoms with van der Waals surface area (Å²) < 4.78 is 29.7. The van der Waals surface area contributed by atoms with Crippen LogP contribution in [0.1, 0.15) is 12.0 Å². The molecule has 0 bridgehead atoms. The van der Waals surface area contributed by atoms with Crippen LogP contribution in [0.5, 0.6) is 5.75 Å². The number of carbonyl (C=O) groups is 1. The van der Waals surface area contributed by atoms with Crippen molar-refractivity contribution >= 4 is 23.4 Å². The lowest BCUT2D eigenvalue weighted by Gasteiger charge is -2.09. The van der Waals surface area contributed by atoms with E-state index in [2.05, 4.69) is 5.32 Å². The highest BCUT2D eigenvalue weighted by atomic mass is 32.2. The lowest BCUT2D eigenvalue weighted by atomic mass is 10.1. The van der Waals surface area contributed by atoms with E-state index in [9.17, 15) is 13.6 Å². The lowest BCUT2D eigenvalue weighted by Crippen LogP contribution is -2.12. The van der Waals surface area contributed by atoms with Gasteiger partial charge < -0.3 is 10.1 Å². The molecule has 1 amide bonds. The molecule has 6 heteroatoms. The Morgan fingerprint density at radius 3 is 2.52 bits per heavy atom. The fraction of sp³-hybridized carbons (Fsp3) is 0.235. The minimum absolute atomic E-state index is 0.134. The molecule has 2 rings (SSSR count). The molecule has 0 spiro atoms. The van der Waals surface area contributed by atoms with E-state index in [0.29, 0.717) is 35.2 Å². The van der Waals surface area contributed by atoms with Gasteiger partial charge in [-0.25, -0.2) is 0 Å². The van der Waals surface area contributed by atoms with Gasteiger partial charge in [0.05, 0.1) is 7.11 Å². The molecule has 0 fully saturated rings. The maximum atomic E-state index is 12.2. The number of thioether (sulfide) groups is 1. The molecule has 1 N–H and O–H groups in total. The number of halogens is 2. The molecule has 0 saturated carbocycles. The second kappa shape index (κ2) is 8.53. The minimum Gasteiger partial charge on any atom is -0.496 e. The molecular weight excluding hydrogens is 320 g/mol. The Kier molecular flexibility index (Phi) is 6.40. The number of anilines is 1. The van der Waals surface area contributed by atoms with E-state index in [1.165, 1.54) is 0 Å². The van der Waals surface area contributed by atoms with Crippen LogP contribution in [-0.4, -0.2) is 18.8 Å². The Morgan fingerprint density at radius 1 is 1.17 bits per heavy atom. The highest BCUT2D eigenvalue weighted by molar-refractivity contribution is 7.99. The summed E-state index contributed by atoms with van der Waals surface area (Å²) in [6, 6.07) is 13.9. The van der Waals surface area contributed by atoms with E-state index >= 15 is 0 Å². The van der Waals surface area contributed by atoms with Crippen molar-refractivity contribution in [2.24, 2.45) is 0 Å². The largest absolute Gasteiger partial charge is 0.496 e. The van der Waals surface area contributed by atoms with Crippen LogP contribution in [0.3, 0.4) is 0 Å². The van der Waals surface area contributed by atoms with Crippen LogP contribution in [0.25, 0.3) is 0 Å². The highest BCUT2D eigenvalue weighted by Gasteiger charge is 2.08. The molecule has 0 unspecified atom stereocenters. The predicted molar refractivity (Wildman–Crippen MR) is 88.2 cm³/mol. The average molecular weight is 337 g/mol. The molecule has 0 saturated heterocycles. The van der Waals surface area contributed by atoms with Gasteiger partial charge in [-0.3, -0.25) is 4.79 Å². The number of methoxy groups -OCH3 is 1. The van der Waals surface area contributed by atoms with Crippen molar-refractivity contribution in [2.75, 3.05) is 12.4 Å². The second-order valence-electron chi connectivity index (χ2n) is 4.76. The molecule has 0 aliphatic heterocycles. The number of nitrogens with one attached hydrogen (secondary N) is 1. The third kappa shape index (κ3) is 5.56. The molecule has 122 valence electrons. The van der Waals surface area contributed by atoms with Gasteiger partial charge in [0.25, 0.3) is 5.76 Å². The fourth-order valence-electron chi connectivity index (χ4n) is 2.10. The van der Waals surface area contributed by atoms with Gasteiger partial charge in [-0.2, -0.15) is 8.78 Å². The number of alkyl halides is 2. The Hall–Kier alpha value is -2.08. The monoisotopic (exact) mass is 337 g/mol. The van der Waals surface area contributed by atoms with Crippen LogP contribution < -0.4 is 10.1 Å². The van der Waals surface area contributed by atoms with E-state index in [-0.39, 0.29) is 5.91 Å². The molecule has 0 radical (unpaired) electrons. The van der Waals surface area contributed by atoms with Gasteiger partial charge in [0.1, 0.15) is 5.75 Å². The number of ether oxygens (including phenoxy) is 1. The zero-order valence-corrected chi connectivity index (χ0v) is 13.4. The molecule has 0 atom stereocenters. The van der Waals surface area contributed by atoms with E-state index in [0.717, 1.165) is 11.3 Å². The van der Waals surface area contributed by atoms with Crippen LogP contribution in [-0.2, 0) is 11.2 Å². The molecule has 23 heavy (non-hydrogen) atoms. The Bertz CT molecular complexity index is 647. The summed E-state index contributed by atoms with van der Waals surface area (Å²) in [7, 11) is 1.60. The third-order valence-corrected chi connectivity index (χ3v) is 3.90. The molecule has 2 aromatic carbocycles. The summed E-state index contributed by atoms with van der Waals surface area (Å²) in [5.74, 6) is -1.82. The van der Waals surface area contributed by atoms with Crippen molar-refractivity contribution in [3.05, 3.63) is 54.1 Å². The fourth-order valence-corrected chi connectivity index (χ4v) is 2.60. The Balaban J connectivity index is 1.87. The van der Waals surface area contributed by atoms with Crippen molar-refractivity contribution < 1.29 is 18.3 Å². The van der Waals surface area contributed by atoms with E-state index in [1.54, 1.807) is 31.4 Å². The number of carbonyl (C=O) groups excluding carboxylic acids is 1. The Morgan fingerprint density at radius 2 is 1.87 bits per heavy atom. The van der Waals surface area contributed by atoms with Crippen LogP contribution in [0.15, 0.2) is 53.4 Å². The third-order valence-electron chi connectivity index (χ3n) is 3.18. The van der Waals surface area contributed by atoms with Crippen molar-refractivity contribution in [2.45, 2.75) is 23.5 Å². The minimum atomic E-state index is -2.45. The average Bonchev–Trinajstić information content (AvgIpc) is 2.54. The van der Waals surface area contributed by atoms with Gasteiger partial charge in [0, 0.05) is 17.0 Å². The summed E-state index contributed by atoms with van der Waals surface area (Å²) in [5, 5.41) is 2.75. The Labute approximate surface area is 138 Å². The van der Waals surface area contributed by atoms with Crippen LogP contribution >= 0.6 is 11.8 Å². The number of hydrogen-bond donors (Lipinski definition) is 1. The van der Waals surface area contributed by atoms with Gasteiger partial charge in [0.2, 0.25) is 5.91 Å². The zero-order valence-electron chi connectivity index (χ0n) is 12.6. The van der Waals surface area contributed by atoms with Gasteiger partial charge in [0.15, 0.2) is 0 Å². The number of aryl methyl sites for hydroxylation is 1. The van der Waals surface area contributed by atoms with Crippen LogP contribution in [0.4, 0.5) is 14.5 Å². The van der Waals surface area contributed by atoms with Gasteiger partial charge in [-0.1, -0.05) is 30.0 Å². The van der Waals surface area contributed by atoms with Crippen molar-refractivity contribution in [1.82, 2.24) is 0 Å². The molecule has 0 aromatic heterocycles. The number of para-hydroxylation sites is 1. The summed E-state index contributed by atoms with van der Waals surface area (Å²) in [6.45, 7) is 0. The van der Waals surface area contributed by atoms with Crippen molar-refractivity contribution in [1.29, 1.82) is 0 Å². The first-order valence-electron chi connectivity index (χ1n) is 7.05. The summed E-state index contributed by atoms with van der Waals surface area (Å²) in [5.41, 5.74) is 1.56. The highest BCUT2D eigenvalue weighted by Crippen LogP contribution is 2.26. The van der Waals surface area contributed by atoms with Crippen molar-refractivity contribution in [3.8, 4) is 5.75 Å². The number of benzene rings is 2. The lowest BCUT2D eigenvalue weighted by molar-refractivity contribution is -0.116. The number of rotatable bonds is 7. The molecule has 0 aliphatic carbocycles. The second-order valence-corrected chi connectivity index (χ2v) is 5.83. The first-order chi connectivity index (χ1) is 11.1. The molecular formula is C17H17F2NO2S. The van der Waals surface area contributed by atoms with Crippen LogP contribution in [0.2, 0.25) is 0 Å². The SMILES string of the molecule is COc1ccccc1CCC(=O)Nc1ccc(SC(F)F)cc1. The van der Waals surface area contributed by atoms with Gasteiger partial charge in [-0.05, 0) is 42.3 Å². The summed E-state index contributed by atoms with van der Waals surface area (Å²) in [6.07, 6.45) is 0.878. The topological polar surface area (TPSA) is 38.3 Å².